The van der Waals surface area contributed by atoms with Gasteiger partial charge in [-0.2, -0.15) is 0 Å². The summed E-state index contributed by atoms with van der Waals surface area (Å²) in [5.41, 5.74) is 1.78. The van der Waals surface area contributed by atoms with Crippen LogP contribution >= 0.6 is 0 Å². The summed E-state index contributed by atoms with van der Waals surface area (Å²) in [5, 5.41) is 13.1. The smallest absolute Gasteiger partial charge is 0.163 e. The topological polar surface area (TPSA) is 60.8 Å². The summed E-state index contributed by atoms with van der Waals surface area (Å²) in [4.78, 5) is 4.03. The number of aliphatic hydroxyl groups is 1. The van der Waals surface area contributed by atoms with Crippen molar-refractivity contribution in [1.82, 2.24) is 4.98 Å². The van der Waals surface area contributed by atoms with Gasteiger partial charge in [-0.1, -0.05) is 36.4 Å². The van der Waals surface area contributed by atoms with Crippen LogP contribution in [-0.2, 0) is 6.61 Å². The van der Waals surface area contributed by atoms with Gasteiger partial charge in [-0.15, -0.1) is 0 Å². The van der Waals surface area contributed by atoms with Crippen molar-refractivity contribution in [3.63, 3.8) is 0 Å². The zero-order valence-corrected chi connectivity index (χ0v) is 16.3. The van der Waals surface area contributed by atoms with Gasteiger partial charge in [0.2, 0.25) is 0 Å². The monoisotopic (exact) mass is 399 g/mol. The molecule has 0 radical (unpaired) electrons. The van der Waals surface area contributed by atoms with Crippen LogP contribution in [0.3, 0.4) is 0 Å². The predicted molar refractivity (Wildman–Crippen MR) is 114 cm³/mol. The molecule has 2 unspecified atom stereocenters. The Morgan fingerprint density at radius 1 is 0.933 bits per heavy atom. The number of fused-ring (bicyclic) bond motifs is 2. The standard InChI is InChI=1S/C25H21NO4/c27-25-22-10-9-20(28-15-17-7-8-18-4-1-2-5-19(18)12-17)13-23(22)29-16-24(25)30-21-6-3-11-26-14-21/h1-14,24-25,27H,15-16H2. The molecule has 0 saturated heterocycles. The van der Waals surface area contributed by atoms with Gasteiger partial charge in [0.05, 0.1) is 6.20 Å². The molecule has 2 heterocycles. The molecule has 0 spiro atoms. The van der Waals surface area contributed by atoms with Crippen molar-refractivity contribution in [1.29, 1.82) is 0 Å². The molecule has 2 atom stereocenters. The summed E-state index contributed by atoms with van der Waals surface area (Å²) >= 11 is 0. The summed E-state index contributed by atoms with van der Waals surface area (Å²) in [6.07, 6.45) is 2.01. The highest BCUT2D eigenvalue weighted by molar-refractivity contribution is 5.82. The molecular formula is C25H21NO4. The van der Waals surface area contributed by atoms with Crippen molar-refractivity contribution in [2.75, 3.05) is 6.61 Å². The van der Waals surface area contributed by atoms with E-state index in [4.69, 9.17) is 14.2 Å². The number of aromatic nitrogens is 1. The molecule has 150 valence electrons. The first-order chi connectivity index (χ1) is 14.8. The lowest BCUT2D eigenvalue weighted by Gasteiger charge is -2.30. The van der Waals surface area contributed by atoms with Gasteiger partial charge in [-0.25, -0.2) is 0 Å². The van der Waals surface area contributed by atoms with Crippen molar-refractivity contribution in [3.8, 4) is 17.2 Å². The minimum absolute atomic E-state index is 0.247. The van der Waals surface area contributed by atoms with Crippen LogP contribution < -0.4 is 14.2 Å². The van der Waals surface area contributed by atoms with Gasteiger partial charge < -0.3 is 19.3 Å². The quantitative estimate of drug-likeness (QED) is 0.528. The number of aliphatic hydroxyl groups excluding tert-OH is 1. The Balaban J connectivity index is 1.27. The maximum atomic E-state index is 10.7. The molecule has 30 heavy (non-hydrogen) atoms. The largest absolute Gasteiger partial charge is 0.489 e. The molecule has 0 bridgehead atoms. The Morgan fingerprint density at radius 2 is 1.83 bits per heavy atom. The van der Waals surface area contributed by atoms with Gasteiger partial charge in [0.25, 0.3) is 0 Å². The van der Waals surface area contributed by atoms with Gasteiger partial charge in [0, 0.05) is 17.8 Å². The molecule has 5 heteroatoms. The molecule has 3 aromatic carbocycles. The van der Waals surface area contributed by atoms with Crippen LogP contribution in [0.5, 0.6) is 17.2 Å². The Morgan fingerprint density at radius 3 is 2.70 bits per heavy atom. The highest BCUT2D eigenvalue weighted by Crippen LogP contribution is 2.36. The van der Waals surface area contributed by atoms with Crippen LogP contribution in [0.25, 0.3) is 10.8 Å². The molecule has 5 rings (SSSR count). The number of benzene rings is 3. The summed E-state index contributed by atoms with van der Waals surface area (Å²) < 4.78 is 17.6. The van der Waals surface area contributed by atoms with Crippen molar-refractivity contribution >= 4 is 10.8 Å². The fourth-order valence-electron chi connectivity index (χ4n) is 3.62. The van der Waals surface area contributed by atoms with E-state index in [0.29, 0.717) is 29.4 Å². The normalized spacial score (nSPS) is 17.8. The fraction of sp³-hybridized carbons (Fsp3) is 0.160. The second-order valence-corrected chi connectivity index (χ2v) is 7.27. The molecule has 1 aliphatic heterocycles. The van der Waals surface area contributed by atoms with E-state index < -0.39 is 12.2 Å². The number of rotatable bonds is 5. The van der Waals surface area contributed by atoms with Crippen LogP contribution in [0, 0.1) is 0 Å². The van der Waals surface area contributed by atoms with E-state index in [1.807, 2.05) is 30.3 Å². The second kappa shape index (κ2) is 8.05. The highest BCUT2D eigenvalue weighted by atomic mass is 16.5. The first-order valence-electron chi connectivity index (χ1n) is 9.88. The van der Waals surface area contributed by atoms with Gasteiger partial charge in [0.1, 0.15) is 36.6 Å². The summed E-state index contributed by atoms with van der Waals surface area (Å²) in [6.45, 7) is 0.704. The molecule has 4 aromatic rings. The van der Waals surface area contributed by atoms with E-state index in [-0.39, 0.29) is 6.61 Å². The summed E-state index contributed by atoms with van der Waals surface area (Å²) in [6, 6.07) is 23.6. The first kappa shape index (κ1) is 18.5. The lowest BCUT2D eigenvalue weighted by Crippen LogP contribution is -2.35. The zero-order valence-electron chi connectivity index (χ0n) is 16.3. The maximum absolute atomic E-state index is 10.7. The predicted octanol–water partition coefficient (Wildman–Crippen LogP) is 4.69. The molecule has 0 aliphatic carbocycles. The van der Waals surface area contributed by atoms with Crippen molar-refractivity contribution in [2.45, 2.75) is 18.8 Å². The van der Waals surface area contributed by atoms with E-state index in [0.717, 1.165) is 5.56 Å². The number of hydrogen-bond acceptors (Lipinski definition) is 5. The van der Waals surface area contributed by atoms with Crippen LogP contribution in [0.15, 0.2) is 85.2 Å². The van der Waals surface area contributed by atoms with Crippen molar-refractivity contribution in [3.05, 3.63) is 96.3 Å². The maximum Gasteiger partial charge on any atom is 0.163 e. The molecule has 1 aliphatic rings. The first-order valence-corrected chi connectivity index (χ1v) is 9.88. The van der Waals surface area contributed by atoms with E-state index >= 15 is 0 Å². The fourth-order valence-corrected chi connectivity index (χ4v) is 3.62. The van der Waals surface area contributed by atoms with Gasteiger partial charge in [-0.05, 0) is 46.7 Å². The minimum Gasteiger partial charge on any atom is -0.489 e. The van der Waals surface area contributed by atoms with Crippen molar-refractivity contribution < 1.29 is 19.3 Å². The Bertz CT molecular complexity index is 1160. The third-order valence-corrected chi connectivity index (χ3v) is 5.20. The molecule has 1 aromatic heterocycles. The minimum atomic E-state index is -0.788. The van der Waals surface area contributed by atoms with Crippen molar-refractivity contribution in [2.24, 2.45) is 0 Å². The number of pyridine rings is 1. The third kappa shape index (κ3) is 3.80. The summed E-state index contributed by atoms with van der Waals surface area (Å²) in [5.74, 6) is 1.91. The van der Waals surface area contributed by atoms with E-state index in [2.05, 4.69) is 35.3 Å². The van der Waals surface area contributed by atoms with Crippen LogP contribution in [0.1, 0.15) is 17.2 Å². The third-order valence-electron chi connectivity index (χ3n) is 5.20. The Kier molecular flexibility index (Phi) is 4.95. The lowest BCUT2D eigenvalue weighted by atomic mass is 10.0. The van der Waals surface area contributed by atoms with Crippen LogP contribution in [0.4, 0.5) is 0 Å². The lowest BCUT2D eigenvalue weighted by molar-refractivity contribution is -0.0105. The van der Waals surface area contributed by atoms with Gasteiger partial charge >= 0.3 is 0 Å². The van der Waals surface area contributed by atoms with E-state index in [1.165, 1.54) is 10.8 Å². The van der Waals surface area contributed by atoms with Crippen LogP contribution in [0.2, 0.25) is 0 Å². The van der Waals surface area contributed by atoms with E-state index in [1.54, 1.807) is 24.5 Å². The molecular weight excluding hydrogens is 378 g/mol. The molecule has 5 nitrogen and oxygen atoms in total. The summed E-state index contributed by atoms with van der Waals surface area (Å²) in [7, 11) is 0. The molecule has 0 fully saturated rings. The number of nitrogens with zero attached hydrogens (tertiary/aromatic N) is 1. The number of ether oxygens (including phenoxy) is 3. The average Bonchev–Trinajstić information content (AvgIpc) is 2.80. The molecule has 1 N–H and O–H groups in total. The Hall–Kier alpha value is -3.57. The van der Waals surface area contributed by atoms with Crippen LogP contribution in [-0.4, -0.2) is 22.8 Å². The second-order valence-electron chi connectivity index (χ2n) is 7.27. The number of hydrogen-bond donors (Lipinski definition) is 1. The average molecular weight is 399 g/mol. The molecule has 0 saturated carbocycles. The van der Waals surface area contributed by atoms with Gasteiger partial charge in [0.15, 0.2) is 6.10 Å². The van der Waals surface area contributed by atoms with Gasteiger partial charge in [-0.3, -0.25) is 4.98 Å². The highest BCUT2D eigenvalue weighted by Gasteiger charge is 2.31. The Labute approximate surface area is 174 Å². The van der Waals surface area contributed by atoms with E-state index in [9.17, 15) is 5.11 Å². The zero-order chi connectivity index (χ0) is 20.3. The molecule has 0 amide bonds. The SMILES string of the molecule is OC1c2ccc(OCc3ccc4ccccc4c3)cc2OCC1Oc1cccnc1.